The number of fused-ring (bicyclic) bond motifs is 1. The second kappa shape index (κ2) is 5.58. The number of aromatic nitrogens is 5. The lowest BCUT2D eigenvalue weighted by molar-refractivity contribution is -0.384. The van der Waals surface area contributed by atoms with Crippen molar-refractivity contribution < 1.29 is 4.92 Å². The molecule has 0 unspecified atom stereocenters. The number of rotatable bonds is 4. The van der Waals surface area contributed by atoms with Crippen LogP contribution in [-0.2, 0) is 6.42 Å². The van der Waals surface area contributed by atoms with Crippen LogP contribution >= 0.6 is 0 Å². The smallest absolute Gasteiger partial charge is 0.269 e. The monoisotopic (exact) mass is 320 g/mol. The number of H-pyrrole nitrogens is 2. The molecule has 0 amide bonds. The SMILES string of the molecule is O=[N+]([O-])c1cccc(Cc2n[nH]nc2-c2ccc3[nH]ncc3c2)c1. The second-order valence-corrected chi connectivity index (χ2v) is 5.39. The van der Waals surface area contributed by atoms with Crippen molar-refractivity contribution in [1.29, 1.82) is 0 Å². The molecule has 2 aromatic heterocycles. The standard InChI is InChI=1S/C16H12N6O2/c23-22(24)13-3-1-2-10(6-13)7-15-16(20-21-19-15)11-4-5-14-12(8-11)9-17-18-14/h1-6,8-9H,7H2,(H,17,18)(H,19,20,21). The summed E-state index contributed by atoms with van der Waals surface area (Å²) in [7, 11) is 0. The fourth-order valence-electron chi connectivity index (χ4n) is 2.67. The molecular formula is C16H12N6O2. The van der Waals surface area contributed by atoms with Crippen LogP contribution in [0.1, 0.15) is 11.3 Å². The van der Waals surface area contributed by atoms with Crippen molar-refractivity contribution in [3.8, 4) is 11.3 Å². The van der Waals surface area contributed by atoms with E-state index in [1.165, 1.54) is 6.07 Å². The maximum absolute atomic E-state index is 10.9. The van der Waals surface area contributed by atoms with Gasteiger partial charge in [0.1, 0.15) is 5.69 Å². The molecule has 118 valence electrons. The van der Waals surface area contributed by atoms with E-state index in [9.17, 15) is 10.1 Å². The molecule has 0 saturated carbocycles. The third-order valence-corrected chi connectivity index (χ3v) is 3.83. The molecular weight excluding hydrogens is 308 g/mol. The molecule has 0 aliphatic carbocycles. The second-order valence-electron chi connectivity index (χ2n) is 5.39. The van der Waals surface area contributed by atoms with Gasteiger partial charge in [-0.25, -0.2) is 0 Å². The largest absolute Gasteiger partial charge is 0.278 e. The molecule has 8 heteroatoms. The van der Waals surface area contributed by atoms with Gasteiger partial charge in [0.25, 0.3) is 5.69 Å². The summed E-state index contributed by atoms with van der Waals surface area (Å²) in [5, 5.41) is 29.9. The maximum Gasteiger partial charge on any atom is 0.269 e. The van der Waals surface area contributed by atoms with Crippen LogP contribution in [-0.4, -0.2) is 30.5 Å². The highest BCUT2D eigenvalue weighted by atomic mass is 16.6. The Hall–Kier alpha value is -3.55. The van der Waals surface area contributed by atoms with E-state index in [-0.39, 0.29) is 5.69 Å². The molecule has 0 aliphatic rings. The highest BCUT2D eigenvalue weighted by molar-refractivity contribution is 5.83. The Morgan fingerprint density at radius 3 is 2.92 bits per heavy atom. The van der Waals surface area contributed by atoms with Crippen molar-refractivity contribution in [2.24, 2.45) is 0 Å². The van der Waals surface area contributed by atoms with Gasteiger partial charge in [0.15, 0.2) is 0 Å². The van der Waals surface area contributed by atoms with E-state index in [1.807, 2.05) is 24.3 Å². The highest BCUT2D eigenvalue weighted by Gasteiger charge is 2.13. The predicted molar refractivity (Wildman–Crippen MR) is 87.4 cm³/mol. The van der Waals surface area contributed by atoms with Crippen molar-refractivity contribution in [2.45, 2.75) is 6.42 Å². The first-order valence-electron chi connectivity index (χ1n) is 7.27. The lowest BCUT2D eigenvalue weighted by atomic mass is 10.0. The van der Waals surface area contributed by atoms with Gasteiger partial charge in [-0.05, 0) is 17.7 Å². The Morgan fingerprint density at radius 2 is 2.04 bits per heavy atom. The third kappa shape index (κ3) is 2.50. The van der Waals surface area contributed by atoms with Crippen molar-refractivity contribution in [1.82, 2.24) is 25.6 Å². The number of nitrogens with zero attached hydrogens (tertiary/aromatic N) is 4. The average Bonchev–Trinajstić information content (AvgIpc) is 3.23. The molecule has 2 N–H and O–H groups in total. The number of hydrogen-bond donors (Lipinski definition) is 2. The number of non-ortho nitro benzene ring substituents is 1. The Balaban J connectivity index is 1.69. The van der Waals surface area contributed by atoms with Crippen molar-refractivity contribution in [3.63, 3.8) is 0 Å². The molecule has 24 heavy (non-hydrogen) atoms. The van der Waals surface area contributed by atoms with Crippen LogP contribution in [0.4, 0.5) is 5.69 Å². The Labute approximate surface area is 135 Å². The van der Waals surface area contributed by atoms with E-state index in [1.54, 1.807) is 18.3 Å². The quantitative estimate of drug-likeness (QED) is 0.443. The Kier molecular flexibility index (Phi) is 3.27. The van der Waals surface area contributed by atoms with Gasteiger partial charge < -0.3 is 0 Å². The summed E-state index contributed by atoms with van der Waals surface area (Å²) in [5.74, 6) is 0. The number of hydrogen-bond acceptors (Lipinski definition) is 5. The summed E-state index contributed by atoms with van der Waals surface area (Å²) in [6, 6.07) is 12.4. The van der Waals surface area contributed by atoms with E-state index in [0.29, 0.717) is 6.42 Å². The number of nitro groups is 1. The topological polar surface area (TPSA) is 113 Å². The summed E-state index contributed by atoms with van der Waals surface area (Å²) in [4.78, 5) is 10.5. The van der Waals surface area contributed by atoms with Crippen molar-refractivity contribution >= 4 is 16.6 Å². The van der Waals surface area contributed by atoms with Gasteiger partial charge in [0.05, 0.1) is 22.3 Å². The fourth-order valence-corrected chi connectivity index (χ4v) is 2.67. The predicted octanol–water partition coefficient (Wildman–Crippen LogP) is 2.85. The Morgan fingerprint density at radius 1 is 1.12 bits per heavy atom. The zero-order chi connectivity index (χ0) is 16.5. The minimum Gasteiger partial charge on any atom is -0.278 e. The maximum atomic E-state index is 10.9. The summed E-state index contributed by atoms with van der Waals surface area (Å²) >= 11 is 0. The normalized spacial score (nSPS) is 11.0. The van der Waals surface area contributed by atoms with Gasteiger partial charge in [-0.2, -0.15) is 20.5 Å². The van der Waals surface area contributed by atoms with E-state index in [4.69, 9.17) is 0 Å². The number of nitrogens with one attached hydrogen (secondary N) is 2. The number of benzene rings is 2. The van der Waals surface area contributed by atoms with Crippen LogP contribution < -0.4 is 0 Å². The third-order valence-electron chi connectivity index (χ3n) is 3.83. The van der Waals surface area contributed by atoms with Gasteiger partial charge in [0.2, 0.25) is 0 Å². The van der Waals surface area contributed by atoms with E-state index < -0.39 is 4.92 Å². The highest BCUT2D eigenvalue weighted by Crippen LogP contribution is 2.25. The summed E-state index contributed by atoms with van der Waals surface area (Å²) in [6.45, 7) is 0. The molecule has 0 radical (unpaired) electrons. The molecule has 8 nitrogen and oxygen atoms in total. The molecule has 0 fully saturated rings. The molecule has 0 bridgehead atoms. The Bertz CT molecular complexity index is 1040. The first kappa shape index (κ1) is 14.1. The van der Waals surface area contributed by atoms with E-state index >= 15 is 0 Å². The minimum atomic E-state index is -0.403. The van der Waals surface area contributed by atoms with Gasteiger partial charge in [-0.15, -0.1) is 0 Å². The van der Waals surface area contributed by atoms with Crippen LogP contribution in [0.2, 0.25) is 0 Å². The average molecular weight is 320 g/mol. The molecule has 0 aliphatic heterocycles. The van der Waals surface area contributed by atoms with E-state index in [2.05, 4.69) is 25.6 Å². The fraction of sp³-hybridized carbons (Fsp3) is 0.0625. The van der Waals surface area contributed by atoms with Crippen molar-refractivity contribution in [3.05, 3.63) is 70.0 Å². The molecule has 0 atom stereocenters. The van der Waals surface area contributed by atoms with Crippen LogP contribution in [0.3, 0.4) is 0 Å². The van der Waals surface area contributed by atoms with Gasteiger partial charge >= 0.3 is 0 Å². The molecule has 0 saturated heterocycles. The summed E-state index contributed by atoms with van der Waals surface area (Å²) < 4.78 is 0. The van der Waals surface area contributed by atoms with E-state index in [0.717, 1.165) is 33.4 Å². The lowest BCUT2D eigenvalue weighted by Crippen LogP contribution is -1.94. The van der Waals surface area contributed by atoms with Crippen LogP contribution in [0.15, 0.2) is 48.7 Å². The zero-order valence-electron chi connectivity index (χ0n) is 12.4. The first-order valence-corrected chi connectivity index (χ1v) is 7.27. The molecule has 4 rings (SSSR count). The minimum absolute atomic E-state index is 0.0670. The molecule has 0 spiro atoms. The lowest BCUT2D eigenvalue weighted by Gasteiger charge is -2.02. The molecule has 2 heterocycles. The molecule has 4 aromatic rings. The zero-order valence-corrected chi connectivity index (χ0v) is 12.4. The van der Waals surface area contributed by atoms with Crippen LogP contribution in [0.25, 0.3) is 22.2 Å². The van der Waals surface area contributed by atoms with Crippen molar-refractivity contribution in [2.75, 3.05) is 0 Å². The number of nitro benzene ring substituents is 1. The van der Waals surface area contributed by atoms with Crippen LogP contribution in [0.5, 0.6) is 0 Å². The van der Waals surface area contributed by atoms with Gasteiger partial charge in [-0.3, -0.25) is 15.2 Å². The first-order chi connectivity index (χ1) is 11.7. The summed E-state index contributed by atoms with van der Waals surface area (Å²) in [5.41, 5.74) is 4.20. The molecule has 2 aromatic carbocycles. The summed E-state index contributed by atoms with van der Waals surface area (Å²) in [6.07, 6.45) is 2.20. The number of aromatic amines is 2. The van der Waals surface area contributed by atoms with Crippen LogP contribution in [0, 0.1) is 10.1 Å². The van der Waals surface area contributed by atoms with Gasteiger partial charge in [-0.1, -0.05) is 18.2 Å². The van der Waals surface area contributed by atoms with Gasteiger partial charge in [0, 0.05) is 29.5 Å².